The fraction of sp³-hybridized carbons (Fsp3) is 0.167. The van der Waals surface area contributed by atoms with Crippen LogP contribution in [0.4, 0.5) is 40.8 Å². The molecule has 0 N–H and O–H groups in total. The minimum absolute atomic E-state index is 0.222. The standard InChI is InChI=1S/C18H7F8NO2/c1-3-6(2)27-9-4-7(8(19)5-10(9)29-18(25,26)17(27)28)11-12(20)14(22)16(24)15(23)13(11)21/h1,4-6H,2H3. The van der Waals surface area contributed by atoms with E-state index in [1.54, 1.807) is 0 Å². The van der Waals surface area contributed by atoms with Gasteiger partial charge in [-0.2, -0.15) is 8.78 Å². The van der Waals surface area contributed by atoms with E-state index in [1.165, 1.54) is 0 Å². The van der Waals surface area contributed by atoms with Gasteiger partial charge in [0.15, 0.2) is 29.0 Å². The van der Waals surface area contributed by atoms with Gasteiger partial charge in [0, 0.05) is 11.6 Å². The second-order valence-electron chi connectivity index (χ2n) is 5.88. The summed E-state index contributed by atoms with van der Waals surface area (Å²) in [6.45, 7) is 1.13. The molecule has 2 aromatic carbocycles. The maximum Gasteiger partial charge on any atom is 0.483 e. The van der Waals surface area contributed by atoms with E-state index in [-0.39, 0.29) is 11.0 Å². The van der Waals surface area contributed by atoms with Gasteiger partial charge in [0.1, 0.15) is 5.82 Å². The van der Waals surface area contributed by atoms with Crippen LogP contribution < -0.4 is 9.64 Å². The Hall–Kier alpha value is -3.29. The Balaban J connectivity index is 2.34. The van der Waals surface area contributed by atoms with Crippen LogP contribution in [0, 0.1) is 47.2 Å². The Kier molecular flexibility index (Phi) is 4.69. The fourth-order valence-corrected chi connectivity index (χ4v) is 2.74. The van der Waals surface area contributed by atoms with Crippen LogP contribution in [0.3, 0.4) is 0 Å². The molecule has 0 saturated heterocycles. The van der Waals surface area contributed by atoms with Gasteiger partial charge in [-0.25, -0.2) is 26.3 Å². The first-order valence-electron chi connectivity index (χ1n) is 7.64. The molecule has 0 aromatic heterocycles. The normalized spacial score (nSPS) is 16.1. The zero-order chi connectivity index (χ0) is 21.8. The molecule has 1 atom stereocenters. The van der Waals surface area contributed by atoms with Crippen LogP contribution in [0.25, 0.3) is 11.1 Å². The second-order valence-corrected chi connectivity index (χ2v) is 5.88. The highest BCUT2D eigenvalue weighted by Gasteiger charge is 2.52. The van der Waals surface area contributed by atoms with Gasteiger partial charge in [-0.1, -0.05) is 5.92 Å². The molecule has 0 aliphatic carbocycles. The molecule has 1 unspecified atom stereocenters. The lowest BCUT2D eigenvalue weighted by molar-refractivity contribution is -0.193. The van der Waals surface area contributed by atoms with Crippen molar-refractivity contribution in [3.63, 3.8) is 0 Å². The SMILES string of the molecule is C#CC(C)N1C(=O)C(F)(F)Oc2cc(F)c(-c3c(F)c(F)c(F)c(F)c3F)cc21. The molecule has 0 radical (unpaired) electrons. The Morgan fingerprint density at radius 1 is 1.00 bits per heavy atom. The predicted molar refractivity (Wildman–Crippen MR) is 83.0 cm³/mol. The first kappa shape index (κ1) is 20.4. The third kappa shape index (κ3) is 2.95. The maximum absolute atomic E-state index is 14.4. The van der Waals surface area contributed by atoms with Gasteiger partial charge in [-0.05, 0) is 13.0 Å². The fourth-order valence-electron chi connectivity index (χ4n) is 2.74. The van der Waals surface area contributed by atoms with E-state index in [0.29, 0.717) is 6.07 Å². The van der Waals surface area contributed by atoms with E-state index < -0.39 is 75.5 Å². The van der Waals surface area contributed by atoms with Crippen molar-refractivity contribution < 1.29 is 44.7 Å². The van der Waals surface area contributed by atoms with Gasteiger partial charge in [-0.15, -0.1) is 6.42 Å². The number of carbonyl (C=O) groups is 1. The van der Waals surface area contributed by atoms with E-state index in [0.717, 1.165) is 6.92 Å². The zero-order valence-corrected chi connectivity index (χ0v) is 14.1. The summed E-state index contributed by atoms with van der Waals surface area (Å²) in [5.41, 5.74) is -3.49. The van der Waals surface area contributed by atoms with Crippen molar-refractivity contribution >= 4 is 11.6 Å². The number of benzene rings is 2. The van der Waals surface area contributed by atoms with Crippen molar-refractivity contribution in [2.45, 2.75) is 19.1 Å². The van der Waals surface area contributed by atoms with Gasteiger partial charge in [0.2, 0.25) is 5.82 Å². The highest BCUT2D eigenvalue weighted by Crippen LogP contribution is 2.45. The van der Waals surface area contributed by atoms with E-state index in [4.69, 9.17) is 6.42 Å². The average molecular weight is 421 g/mol. The minimum atomic E-state index is -4.43. The lowest BCUT2D eigenvalue weighted by Crippen LogP contribution is -2.53. The van der Waals surface area contributed by atoms with Crippen LogP contribution in [-0.4, -0.2) is 18.1 Å². The van der Waals surface area contributed by atoms with E-state index in [1.807, 2.05) is 5.92 Å². The number of ether oxygens (including phenoxy) is 1. The molecule has 0 saturated carbocycles. The van der Waals surface area contributed by atoms with Crippen molar-refractivity contribution in [3.8, 4) is 29.2 Å². The van der Waals surface area contributed by atoms with Crippen LogP contribution in [0.1, 0.15) is 6.92 Å². The number of hydrogen-bond acceptors (Lipinski definition) is 2. The molecule has 29 heavy (non-hydrogen) atoms. The van der Waals surface area contributed by atoms with Crippen LogP contribution in [-0.2, 0) is 4.79 Å². The largest absolute Gasteiger partial charge is 0.483 e. The molecule has 11 heteroatoms. The molecule has 1 heterocycles. The van der Waals surface area contributed by atoms with Crippen molar-refractivity contribution in [1.82, 2.24) is 0 Å². The summed E-state index contributed by atoms with van der Waals surface area (Å²) in [5.74, 6) is -14.4. The number of nitrogens with zero attached hydrogens (tertiary/aromatic N) is 1. The summed E-state index contributed by atoms with van der Waals surface area (Å²) >= 11 is 0. The molecular weight excluding hydrogens is 414 g/mol. The van der Waals surface area contributed by atoms with Crippen LogP contribution in [0.2, 0.25) is 0 Å². The molecule has 0 spiro atoms. The monoisotopic (exact) mass is 421 g/mol. The first-order chi connectivity index (χ1) is 13.4. The maximum atomic E-state index is 14.4. The molecule has 3 rings (SSSR count). The summed E-state index contributed by atoms with van der Waals surface area (Å²) in [6, 6.07) is -0.700. The number of carbonyl (C=O) groups excluding carboxylic acids is 1. The third-order valence-corrected chi connectivity index (χ3v) is 4.12. The smallest absolute Gasteiger partial charge is 0.423 e. The Bertz CT molecular complexity index is 1060. The molecule has 3 nitrogen and oxygen atoms in total. The quantitative estimate of drug-likeness (QED) is 0.309. The molecular formula is C18H7F8NO2. The lowest BCUT2D eigenvalue weighted by Gasteiger charge is -2.35. The number of halogens is 8. The Morgan fingerprint density at radius 3 is 2.03 bits per heavy atom. The molecule has 0 fully saturated rings. The van der Waals surface area contributed by atoms with Gasteiger partial charge in [0.05, 0.1) is 17.3 Å². The summed E-state index contributed by atoms with van der Waals surface area (Å²) in [5, 5.41) is 0. The highest BCUT2D eigenvalue weighted by atomic mass is 19.3. The molecule has 1 aliphatic rings. The Morgan fingerprint density at radius 2 is 1.52 bits per heavy atom. The minimum Gasteiger partial charge on any atom is -0.423 e. The second kappa shape index (κ2) is 6.65. The van der Waals surface area contributed by atoms with Gasteiger partial charge in [0.25, 0.3) is 0 Å². The van der Waals surface area contributed by atoms with E-state index in [2.05, 4.69) is 4.74 Å². The number of amides is 1. The number of hydrogen-bond donors (Lipinski definition) is 0. The van der Waals surface area contributed by atoms with Gasteiger partial charge >= 0.3 is 12.0 Å². The number of alkyl halides is 2. The highest BCUT2D eigenvalue weighted by molar-refractivity contribution is 6.02. The van der Waals surface area contributed by atoms with Crippen molar-refractivity contribution in [3.05, 3.63) is 47.0 Å². The van der Waals surface area contributed by atoms with E-state index in [9.17, 15) is 39.9 Å². The van der Waals surface area contributed by atoms with Gasteiger partial charge in [-0.3, -0.25) is 9.69 Å². The average Bonchev–Trinajstić information content (AvgIpc) is 2.66. The molecule has 0 bridgehead atoms. The molecule has 152 valence electrons. The Labute approximate surface area is 157 Å². The summed E-state index contributed by atoms with van der Waals surface area (Å²) in [7, 11) is 0. The van der Waals surface area contributed by atoms with E-state index >= 15 is 0 Å². The number of anilines is 1. The summed E-state index contributed by atoms with van der Waals surface area (Å²) < 4.78 is 114. The van der Waals surface area contributed by atoms with Crippen LogP contribution >= 0.6 is 0 Å². The predicted octanol–water partition coefficient (Wildman–Crippen LogP) is 4.53. The number of rotatable bonds is 2. The van der Waals surface area contributed by atoms with Crippen molar-refractivity contribution in [2.24, 2.45) is 0 Å². The van der Waals surface area contributed by atoms with Crippen LogP contribution in [0.5, 0.6) is 5.75 Å². The molecule has 2 aromatic rings. The summed E-state index contributed by atoms with van der Waals surface area (Å²) in [6.07, 6.45) is 0.696. The zero-order valence-electron chi connectivity index (χ0n) is 14.1. The lowest BCUT2D eigenvalue weighted by atomic mass is 10.00. The number of terminal acetylenes is 1. The first-order valence-corrected chi connectivity index (χ1v) is 7.64. The molecule has 1 aliphatic heterocycles. The third-order valence-electron chi connectivity index (χ3n) is 4.12. The van der Waals surface area contributed by atoms with Crippen molar-refractivity contribution in [1.29, 1.82) is 0 Å². The van der Waals surface area contributed by atoms with Gasteiger partial charge < -0.3 is 4.74 Å². The molecule has 1 amide bonds. The van der Waals surface area contributed by atoms with Crippen molar-refractivity contribution in [2.75, 3.05) is 4.90 Å². The topological polar surface area (TPSA) is 29.5 Å². The summed E-state index contributed by atoms with van der Waals surface area (Å²) in [4.78, 5) is 12.3. The number of fused-ring (bicyclic) bond motifs is 1. The van der Waals surface area contributed by atoms with Crippen LogP contribution in [0.15, 0.2) is 12.1 Å².